The second-order valence-electron chi connectivity index (χ2n) is 5.02. The summed E-state index contributed by atoms with van der Waals surface area (Å²) in [4.78, 5) is 11.7. The van der Waals surface area contributed by atoms with Crippen LogP contribution in [0.15, 0.2) is 48.5 Å². The number of nitrogens with one attached hydrogen (secondary N) is 2. The third kappa shape index (κ3) is 6.20. The largest absolute Gasteiger partial charge is 0.435 e. The Morgan fingerprint density at radius 2 is 1.79 bits per heavy atom. The summed E-state index contributed by atoms with van der Waals surface area (Å²) < 4.78 is 41.6. The van der Waals surface area contributed by atoms with E-state index in [1.54, 1.807) is 24.3 Å². The lowest BCUT2D eigenvalue weighted by molar-refractivity contribution is -0.0498. The molecule has 0 saturated heterocycles. The van der Waals surface area contributed by atoms with Crippen LogP contribution in [-0.2, 0) is 13.0 Å². The summed E-state index contributed by atoms with van der Waals surface area (Å²) >= 11 is 0. The summed E-state index contributed by atoms with van der Waals surface area (Å²) in [6, 6.07) is 11.8. The molecule has 0 atom stereocenters. The minimum atomic E-state index is -2.89. The molecule has 0 aliphatic carbocycles. The van der Waals surface area contributed by atoms with Gasteiger partial charge in [0.1, 0.15) is 11.6 Å². The Hall–Kier alpha value is -2.70. The third-order valence-corrected chi connectivity index (χ3v) is 3.16. The maximum Gasteiger partial charge on any atom is 0.387 e. The molecule has 2 amide bonds. The molecule has 0 aromatic heterocycles. The smallest absolute Gasteiger partial charge is 0.387 e. The highest BCUT2D eigenvalue weighted by molar-refractivity contribution is 5.73. The number of carbonyl (C=O) groups excluding carboxylic acids is 1. The van der Waals surface area contributed by atoms with E-state index in [-0.39, 0.29) is 18.1 Å². The van der Waals surface area contributed by atoms with Crippen LogP contribution in [-0.4, -0.2) is 19.2 Å². The van der Waals surface area contributed by atoms with Crippen molar-refractivity contribution in [2.45, 2.75) is 19.6 Å². The van der Waals surface area contributed by atoms with E-state index in [1.807, 2.05) is 0 Å². The Morgan fingerprint density at radius 1 is 1.04 bits per heavy atom. The molecular weight excluding hydrogens is 321 g/mol. The van der Waals surface area contributed by atoms with Crippen LogP contribution in [0.2, 0.25) is 0 Å². The van der Waals surface area contributed by atoms with E-state index in [0.29, 0.717) is 18.5 Å². The lowest BCUT2D eigenvalue weighted by atomic mass is 10.1. The van der Waals surface area contributed by atoms with Crippen LogP contribution < -0.4 is 15.4 Å². The van der Waals surface area contributed by atoms with Crippen molar-refractivity contribution in [2.24, 2.45) is 0 Å². The van der Waals surface area contributed by atoms with Crippen LogP contribution in [0.1, 0.15) is 11.1 Å². The Kier molecular flexibility index (Phi) is 6.48. The highest BCUT2D eigenvalue weighted by Crippen LogP contribution is 2.15. The first-order valence-corrected chi connectivity index (χ1v) is 7.33. The molecule has 2 aromatic carbocycles. The molecule has 0 saturated carbocycles. The van der Waals surface area contributed by atoms with Crippen LogP contribution in [0.4, 0.5) is 18.0 Å². The zero-order valence-electron chi connectivity index (χ0n) is 12.8. The van der Waals surface area contributed by atoms with E-state index in [9.17, 15) is 18.0 Å². The van der Waals surface area contributed by atoms with Crippen molar-refractivity contribution < 1.29 is 22.7 Å². The highest BCUT2D eigenvalue weighted by atomic mass is 19.3. The fourth-order valence-electron chi connectivity index (χ4n) is 2.09. The summed E-state index contributed by atoms with van der Waals surface area (Å²) in [6.07, 6.45) is 0.503. The van der Waals surface area contributed by atoms with Crippen LogP contribution in [0.3, 0.4) is 0 Å². The number of carbonyl (C=O) groups is 1. The van der Waals surface area contributed by atoms with Crippen LogP contribution in [0, 0.1) is 5.82 Å². The first-order valence-electron chi connectivity index (χ1n) is 7.33. The van der Waals surface area contributed by atoms with Gasteiger partial charge in [0.15, 0.2) is 0 Å². The predicted octanol–water partition coefficient (Wildman–Crippen LogP) is 3.47. The molecule has 2 aromatic rings. The van der Waals surface area contributed by atoms with Crippen molar-refractivity contribution >= 4 is 6.03 Å². The zero-order chi connectivity index (χ0) is 17.4. The second kappa shape index (κ2) is 8.81. The molecule has 0 radical (unpaired) electrons. The molecule has 2 rings (SSSR count). The monoisotopic (exact) mass is 338 g/mol. The number of benzene rings is 2. The number of amides is 2. The van der Waals surface area contributed by atoms with Gasteiger partial charge in [0.25, 0.3) is 0 Å². The van der Waals surface area contributed by atoms with Gasteiger partial charge in [-0.3, -0.25) is 0 Å². The van der Waals surface area contributed by atoms with Crippen molar-refractivity contribution in [3.8, 4) is 5.75 Å². The van der Waals surface area contributed by atoms with E-state index in [0.717, 1.165) is 5.56 Å². The summed E-state index contributed by atoms with van der Waals surface area (Å²) in [6.45, 7) is -2.37. The van der Waals surface area contributed by atoms with Gasteiger partial charge < -0.3 is 15.4 Å². The van der Waals surface area contributed by atoms with E-state index < -0.39 is 12.6 Å². The van der Waals surface area contributed by atoms with Crippen LogP contribution in [0.25, 0.3) is 0 Å². The number of hydrogen-bond acceptors (Lipinski definition) is 2. The normalized spacial score (nSPS) is 10.5. The summed E-state index contributed by atoms with van der Waals surface area (Å²) in [5.74, 6) is -0.279. The van der Waals surface area contributed by atoms with Crippen molar-refractivity contribution in [2.75, 3.05) is 6.54 Å². The van der Waals surface area contributed by atoms with Gasteiger partial charge >= 0.3 is 12.6 Å². The fourth-order valence-corrected chi connectivity index (χ4v) is 2.09. The van der Waals surface area contributed by atoms with Gasteiger partial charge in [-0.1, -0.05) is 24.3 Å². The SMILES string of the molecule is O=C(NCCc1cccc(F)c1)NCc1cccc(OC(F)F)c1. The minimum Gasteiger partial charge on any atom is -0.435 e. The van der Waals surface area contributed by atoms with Gasteiger partial charge in [-0.05, 0) is 41.8 Å². The molecule has 0 bridgehead atoms. The van der Waals surface area contributed by atoms with Gasteiger partial charge in [-0.2, -0.15) is 8.78 Å². The Labute approximate surface area is 137 Å². The van der Waals surface area contributed by atoms with Crippen LogP contribution in [0.5, 0.6) is 5.75 Å². The first kappa shape index (κ1) is 17.7. The van der Waals surface area contributed by atoms with Gasteiger partial charge in [0.2, 0.25) is 0 Å². The molecule has 0 unspecified atom stereocenters. The lowest BCUT2D eigenvalue weighted by Crippen LogP contribution is -2.36. The van der Waals surface area contributed by atoms with E-state index >= 15 is 0 Å². The molecule has 0 aliphatic rings. The van der Waals surface area contributed by atoms with Crippen molar-refractivity contribution in [1.29, 1.82) is 0 Å². The first-order chi connectivity index (χ1) is 11.5. The number of halogens is 3. The molecule has 24 heavy (non-hydrogen) atoms. The predicted molar refractivity (Wildman–Crippen MR) is 83.4 cm³/mol. The van der Waals surface area contributed by atoms with E-state index in [1.165, 1.54) is 24.3 Å². The molecule has 0 aliphatic heterocycles. The number of alkyl halides is 2. The number of urea groups is 1. The summed E-state index contributed by atoms with van der Waals surface area (Å²) in [5.41, 5.74) is 1.42. The molecular formula is C17H17F3N2O2. The molecule has 7 heteroatoms. The standard InChI is InChI=1S/C17H17F3N2O2/c18-14-5-1-3-12(9-14)7-8-21-17(23)22-11-13-4-2-6-15(10-13)24-16(19)20/h1-6,9-10,16H,7-8,11H2,(H2,21,22,23). The fraction of sp³-hybridized carbons (Fsp3) is 0.235. The molecule has 0 heterocycles. The summed E-state index contributed by atoms with van der Waals surface area (Å²) in [5, 5.41) is 5.25. The molecule has 0 spiro atoms. The molecule has 2 N–H and O–H groups in total. The van der Waals surface area contributed by atoms with Gasteiger partial charge in [-0.15, -0.1) is 0 Å². The highest BCUT2D eigenvalue weighted by Gasteiger charge is 2.05. The number of rotatable bonds is 7. The maximum atomic E-state index is 13.0. The molecule has 0 fully saturated rings. The molecule has 4 nitrogen and oxygen atoms in total. The van der Waals surface area contributed by atoms with E-state index in [4.69, 9.17) is 0 Å². The minimum absolute atomic E-state index is 0.0378. The molecule has 128 valence electrons. The Morgan fingerprint density at radius 3 is 2.54 bits per heavy atom. The van der Waals surface area contributed by atoms with Crippen LogP contribution >= 0.6 is 0 Å². The van der Waals surface area contributed by atoms with Gasteiger partial charge in [0.05, 0.1) is 0 Å². The van der Waals surface area contributed by atoms with Crippen molar-refractivity contribution in [1.82, 2.24) is 10.6 Å². The van der Waals surface area contributed by atoms with Crippen molar-refractivity contribution in [3.63, 3.8) is 0 Å². The maximum absolute atomic E-state index is 13.0. The third-order valence-electron chi connectivity index (χ3n) is 3.16. The van der Waals surface area contributed by atoms with E-state index in [2.05, 4.69) is 15.4 Å². The van der Waals surface area contributed by atoms with Gasteiger partial charge in [0, 0.05) is 13.1 Å². The second-order valence-corrected chi connectivity index (χ2v) is 5.02. The number of ether oxygens (including phenoxy) is 1. The Bertz CT molecular complexity index is 680. The average molecular weight is 338 g/mol. The topological polar surface area (TPSA) is 50.4 Å². The summed E-state index contributed by atoms with van der Waals surface area (Å²) in [7, 11) is 0. The zero-order valence-corrected chi connectivity index (χ0v) is 12.8. The Balaban J connectivity index is 1.73. The van der Waals surface area contributed by atoms with Gasteiger partial charge in [-0.25, -0.2) is 9.18 Å². The lowest BCUT2D eigenvalue weighted by Gasteiger charge is -2.09. The number of hydrogen-bond donors (Lipinski definition) is 2. The van der Waals surface area contributed by atoms with Crippen molar-refractivity contribution in [3.05, 3.63) is 65.5 Å². The average Bonchev–Trinajstić information content (AvgIpc) is 2.53. The quantitative estimate of drug-likeness (QED) is 0.812.